The summed E-state index contributed by atoms with van der Waals surface area (Å²) in [5.74, 6) is -0.292. The van der Waals surface area contributed by atoms with Crippen molar-refractivity contribution in [3.8, 4) is 0 Å². The van der Waals surface area contributed by atoms with Gasteiger partial charge in [-0.1, -0.05) is 12.1 Å². The second-order valence-electron chi connectivity index (χ2n) is 4.94. The van der Waals surface area contributed by atoms with E-state index in [9.17, 15) is 13.2 Å². The lowest BCUT2D eigenvalue weighted by molar-refractivity contribution is 0.0739. The topological polar surface area (TPSA) is 15.3 Å². The van der Waals surface area contributed by atoms with Crippen LogP contribution in [0.3, 0.4) is 0 Å². The van der Waals surface area contributed by atoms with Crippen LogP contribution < -0.4 is 5.32 Å². The van der Waals surface area contributed by atoms with Crippen LogP contribution >= 0.6 is 12.4 Å². The lowest BCUT2D eigenvalue weighted by Crippen LogP contribution is -2.45. The van der Waals surface area contributed by atoms with Gasteiger partial charge in [0.05, 0.1) is 0 Å². The van der Waals surface area contributed by atoms with Crippen molar-refractivity contribution in [2.75, 3.05) is 26.2 Å². The highest BCUT2D eigenvalue weighted by atomic mass is 35.5. The Hall–Kier alpha value is -0.780. The number of alkyl halides is 2. The van der Waals surface area contributed by atoms with E-state index in [0.717, 1.165) is 31.7 Å². The molecular formula is C14H20ClF3N2. The number of hydrogen-bond acceptors (Lipinski definition) is 2. The molecule has 0 aromatic heterocycles. The van der Waals surface area contributed by atoms with E-state index in [-0.39, 0.29) is 30.7 Å². The van der Waals surface area contributed by atoms with Crippen LogP contribution in [0.25, 0.3) is 0 Å². The molecule has 1 heterocycles. The van der Waals surface area contributed by atoms with E-state index in [4.69, 9.17) is 0 Å². The Labute approximate surface area is 123 Å². The van der Waals surface area contributed by atoms with Crippen LogP contribution in [-0.2, 0) is 0 Å². The molecule has 0 saturated carbocycles. The first kappa shape index (κ1) is 17.3. The Balaban J connectivity index is 0.00000200. The van der Waals surface area contributed by atoms with Crippen molar-refractivity contribution in [1.29, 1.82) is 0 Å². The Morgan fingerprint density at radius 3 is 2.45 bits per heavy atom. The van der Waals surface area contributed by atoms with Crippen molar-refractivity contribution >= 4 is 12.4 Å². The van der Waals surface area contributed by atoms with Crippen LogP contribution in [0.15, 0.2) is 18.2 Å². The first-order chi connectivity index (χ1) is 9.08. The van der Waals surface area contributed by atoms with Gasteiger partial charge in [0.1, 0.15) is 5.82 Å². The average molecular weight is 309 g/mol. The fourth-order valence-corrected chi connectivity index (χ4v) is 2.53. The molecule has 20 heavy (non-hydrogen) atoms. The molecule has 0 bridgehead atoms. The van der Waals surface area contributed by atoms with E-state index in [0.29, 0.717) is 5.56 Å². The van der Waals surface area contributed by atoms with Crippen molar-refractivity contribution in [2.45, 2.75) is 25.8 Å². The minimum atomic E-state index is -2.36. The summed E-state index contributed by atoms with van der Waals surface area (Å²) in [4.78, 5) is 2.05. The summed E-state index contributed by atoms with van der Waals surface area (Å²) >= 11 is 0. The monoisotopic (exact) mass is 308 g/mol. The highest BCUT2D eigenvalue weighted by Crippen LogP contribution is 2.28. The number of nitrogens with zero attached hydrogens (tertiary/aromatic N) is 1. The molecule has 1 atom stereocenters. The van der Waals surface area contributed by atoms with E-state index in [1.54, 1.807) is 19.1 Å². The minimum absolute atomic E-state index is 0. The van der Waals surface area contributed by atoms with E-state index >= 15 is 0 Å². The van der Waals surface area contributed by atoms with Crippen molar-refractivity contribution in [1.82, 2.24) is 10.2 Å². The van der Waals surface area contributed by atoms with E-state index in [2.05, 4.69) is 10.2 Å². The number of hydrogen-bond donors (Lipinski definition) is 1. The number of benzene rings is 1. The Morgan fingerprint density at radius 2 is 1.90 bits per heavy atom. The van der Waals surface area contributed by atoms with Crippen LogP contribution in [0.4, 0.5) is 13.2 Å². The molecule has 1 aromatic carbocycles. The van der Waals surface area contributed by atoms with E-state index in [1.165, 1.54) is 6.07 Å². The quantitative estimate of drug-likeness (QED) is 0.919. The molecule has 6 heteroatoms. The van der Waals surface area contributed by atoms with Gasteiger partial charge in [0.15, 0.2) is 0 Å². The second kappa shape index (κ2) is 7.86. The molecule has 0 amide bonds. The van der Waals surface area contributed by atoms with Gasteiger partial charge in [-0.3, -0.25) is 4.90 Å². The SMILES string of the molecule is Cc1cc([C@H](CC(F)F)N2CCNCC2)ccc1F.Cl. The summed E-state index contributed by atoms with van der Waals surface area (Å²) in [7, 11) is 0. The molecule has 0 unspecified atom stereocenters. The zero-order valence-corrected chi connectivity index (χ0v) is 12.2. The number of rotatable bonds is 4. The third-order valence-corrected chi connectivity index (χ3v) is 3.56. The molecule has 2 rings (SSSR count). The molecule has 1 fully saturated rings. The fraction of sp³-hybridized carbons (Fsp3) is 0.571. The molecule has 1 aliphatic heterocycles. The van der Waals surface area contributed by atoms with Crippen LogP contribution in [0.5, 0.6) is 0 Å². The van der Waals surface area contributed by atoms with Gasteiger partial charge in [0.25, 0.3) is 0 Å². The predicted molar refractivity (Wildman–Crippen MR) is 76.2 cm³/mol. The highest BCUT2D eigenvalue weighted by molar-refractivity contribution is 5.85. The Morgan fingerprint density at radius 1 is 1.25 bits per heavy atom. The standard InChI is InChI=1S/C14H19F3N2.ClH/c1-10-8-11(2-3-12(10)15)13(9-14(16)17)19-6-4-18-5-7-19;/h2-3,8,13-14,18H,4-7,9H2,1H3;1H/t13-;/m0./s1. The van der Waals surface area contributed by atoms with Gasteiger partial charge < -0.3 is 5.32 Å². The maximum Gasteiger partial charge on any atom is 0.240 e. The summed E-state index contributed by atoms with van der Waals surface area (Å²) < 4.78 is 38.9. The largest absolute Gasteiger partial charge is 0.314 e. The van der Waals surface area contributed by atoms with Gasteiger partial charge in [-0.2, -0.15) is 0 Å². The maximum absolute atomic E-state index is 13.3. The first-order valence-corrected chi connectivity index (χ1v) is 6.57. The summed E-state index contributed by atoms with van der Waals surface area (Å²) in [5.41, 5.74) is 1.29. The summed E-state index contributed by atoms with van der Waals surface area (Å²) in [6.07, 6.45) is -2.56. The molecule has 0 aliphatic carbocycles. The third kappa shape index (κ3) is 4.36. The third-order valence-electron chi connectivity index (χ3n) is 3.56. The molecule has 0 spiro atoms. The zero-order chi connectivity index (χ0) is 13.8. The van der Waals surface area contributed by atoms with E-state index < -0.39 is 6.43 Å². The Bertz CT molecular complexity index is 423. The molecule has 1 N–H and O–H groups in total. The van der Waals surface area contributed by atoms with Crippen LogP contribution in [-0.4, -0.2) is 37.5 Å². The van der Waals surface area contributed by atoms with Crippen LogP contribution in [0, 0.1) is 12.7 Å². The first-order valence-electron chi connectivity index (χ1n) is 6.57. The van der Waals surface area contributed by atoms with Crippen molar-refractivity contribution in [3.05, 3.63) is 35.1 Å². The fourth-order valence-electron chi connectivity index (χ4n) is 2.53. The van der Waals surface area contributed by atoms with Crippen molar-refractivity contribution in [3.63, 3.8) is 0 Å². The van der Waals surface area contributed by atoms with Gasteiger partial charge >= 0.3 is 0 Å². The molecule has 2 nitrogen and oxygen atoms in total. The van der Waals surface area contributed by atoms with Gasteiger partial charge in [-0.25, -0.2) is 13.2 Å². The van der Waals surface area contributed by atoms with E-state index in [1.807, 2.05) is 0 Å². The highest BCUT2D eigenvalue weighted by Gasteiger charge is 2.25. The summed E-state index contributed by atoms with van der Waals surface area (Å²) in [6.45, 7) is 4.76. The number of aryl methyl sites for hydroxylation is 1. The zero-order valence-electron chi connectivity index (χ0n) is 11.4. The normalized spacial score (nSPS) is 17.9. The van der Waals surface area contributed by atoms with Crippen molar-refractivity contribution in [2.24, 2.45) is 0 Å². The molecule has 114 valence electrons. The van der Waals surface area contributed by atoms with Gasteiger partial charge in [-0.05, 0) is 24.1 Å². The maximum atomic E-state index is 13.3. The smallest absolute Gasteiger partial charge is 0.240 e. The molecule has 0 radical (unpaired) electrons. The summed E-state index contributed by atoms with van der Waals surface area (Å²) in [6, 6.07) is 4.34. The minimum Gasteiger partial charge on any atom is -0.314 e. The second-order valence-corrected chi connectivity index (χ2v) is 4.94. The molecule has 1 aliphatic rings. The van der Waals surface area contributed by atoms with Crippen LogP contribution in [0.1, 0.15) is 23.6 Å². The molecular weight excluding hydrogens is 289 g/mol. The Kier molecular flexibility index (Phi) is 6.79. The number of nitrogens with one attached hydrogen (secondary N) is 1. The molecule has 1 aromatic rings. The van der Waals surface area contributed by atoms with Crippen LogP contribution in [0.2, 0.25) is 0 Å². The number of halogens is 4. The van der Waals surface area contributed by atoms with Gasteiger partial charge in [0, 0.05) is 38.6 Å². The lowest BCUT2D eigenvalue weighted by atomic mass is 9.99. The van der Waals surface area contributed by atoms with Gasteiger partial charge in [-0.15, -0.1) is 12.4 Å². The number of piperazine rings is 1. The lowest BCUT2D eigenvalue weighted by Gasteiger charge is -2.35. The average Bonchev–Trinajstić information content (AvgIpc) is 2.40. The van der Waals surface area contributed by atoms with Crippen molar-refractivity contribution < 1.29 is 13.2 Å². The predicted octanol–water partition coefficient (Wildman–Crippen LogP) is 3.16. The van der Waals surface area contributed by atoms with Gasteiger partial charge in [0.2, 0.25) is 6.43 Å². The summed E-state index contributed by atoms with van der Waals surface area (Å²) in [5, 5.41) is 3.21. The molecule has 1 saturated heterocycles.